The molecule has 0 bridgehead atoms. The summed E-state index contributed by atoms with van der Waals surface area (Å²) in [6, 6.07) is 0. The fraction of sp³-hybridized carbons (Fsp3) is 0.800. The van der Waals surface area contributed by atoms with Gasteiger partial charge in [0.2, 0.25) is 0 Å². The predicted molar refractivity (Wildman–Crippen MR) is 59.5 cm³/mol. The second-order valence-electron chi connectivity index (χ2n) is 3.42. The molecule has 0 aliphatic heterocycles. The molecule has 2 amide bonds. The van der Waals surface area contributed by atoms with Crippen LogP contribution in [0.4, 0.5) is 9.59 Å². The van der Waals surface area contributed by atoms with Crippen LogP contribution >= 0.6 is 0 Å². The van der Waals surface area contributed by atoms with E-state index in [0.717, 1.165) is 32.1 Å². The number of nitrogens with one attached hydrogen (secondary N) is 2. The summed E-state index contributed by atoms with van der Waals surface area (Å²) in [6.45, 7) is 1.13. The molecule has 0 aromatic carbocycles. The van der Waals surface area contributed by atoms with Crippen molar-refractivity contribution >= 4 is 12.2 Å². The zero-order valence-corrected chi connectivity index (χ0v) is 9.62. The Morgan fingerprint density at radius 2 is 1.50 bits per heavy atom. The lowest BCUT2D eigenvalue weighted by Crippen LogP contribution is -2.23. The van der Waals surface area contributed by atoms with Crippen molar-refractivity contribution in [1.82, 2.24) is 10.6 Å². The van der Waals surface area contributed by atoms with E-state index in [1.165, 1.54) is 7.11 Å². The lowest BCUT2D eigenvalue weighted by atomic mass is 10.1. The first-order valence-electron chi connectivity index (χ1n) is 5.45. The highest BCUT2D eigenvalue weighted by atomic mass is 16.5. The molecule has 0 spiro atoms. The maximum Gasteiger partial charge on any atom is 0.406 e. The minimum Gasteiger partial charge on any atom is -0.465 e. The number of carbonyl (C=O) groups is 2. The molecule has 0 aliphatic carbocycles. The molecule has 3 N–H and O–H groups in total. The SMILES string of the molecule is COC(=O)NCCCCCCCNC(=O)O. The van der Waals surface area contributed by atoms with E-state index in [0.29, 0.717) is 13.1 Å². The number of ether oxygens (including phenoxy) is 1. The topological polar surface area (TPSA) is 87.7 Å². The normalized spacial score (nSPS) is 9.56. The number of hydrogen-bond donors (Lipinski definition) is 3. The van der Waals surface area contributed by atoms with Crippen molar-refractivity contribution in [3.05, 3.63) is 0 Å². The molecule has 0 saturated heterocycles. The van der Waals surface area contributed by atoms with Gasteiger partial charge in [0.25, 0.3) is 0 Å². The summed E-state index contributed by atoms with van der Waals surface area (Å²) in [6.07, 6.45) is 3.48. The molecule has 16 heavy (non-hydrogen) atoms. The number of rotatable bonds is 8. The molecule has 0 fully saturated rings. The summed E-state index contributed by atoms with van der Waals surface area (Å²) in [5, 5.41) is 13.2. The van der Waals surface area contributed by atoms with E-state index in [1.807, 2.05) is 0 Å². The third-order valence-electron chi connectivity index (χ3n) is 2.08. The molecule has 6 heteroatoms. The fourth-order valence-electron chi connectivity index (χ4n) is 1.24. The Morgan fingerprint density at radius 1 is 1.00 bits per heavy atom. The molecule has 94 valence electrons. The van der Waals surface area contributed by atoms with Crippen LogP contribution in [0.15, 0.2) is 0 Å². The van der Waals surface area contributed by atoms with Gasteiger partial charge in [-0.2, -0.15) is 0 Å². The molecule has 0 rings (SSSR count). The van der Waals surface area contributed by atoms with E-state index in [4.69, 9.17) is 5.11 Å². The maximum absolute atomic E-state index is 10.7. The minimum absolute atomic E-state index is 0.398. The Morgan fingerprint density at radius 3 is 2.00 bits per heavy atom. The zero-order valence-electron chi connectivity index (χ0n) is 9.62. The summed E-state index contributed by atoms with van der Waals surface area (Å²) in [5.41, 5.74) is 0. The molecule has 0 aromatic heterocycles. The summed E-state index contributed by atoms with van der Waals surface area (Å²) in [5.74, 6) is 0. The van der Waals surface area contributed by atoms with E-state index >= 15 is 0 Å². The molecule has 0 atom stereocenters. The van der Waals surface area contributed by atoms with Crippen LogP contribution in [0.5, 0.6) is 0 Å². The third-order valence-corrected chi connectivity index (χ3v) is 2.08. The number of methoxy groups -OCH3 is 1. The third kappa shape index (κ3) is 10.6. The smallest absolute Gasteiger partial charge is 0.406 e. The van der Waals surface area contributed by atoms with Gasteiger partial charge in [-0.3, -0.25) is 0 Å². The average molecular weight is 232 g/mol. The number of amides is 2. The number of alkyl carbamates (subject to hydrolysis) is 1. The summed E-state index contributed by atoms with van der Waals surface area (Å²) in [7, 11) is 1.34. The van der Waals surface area contributed by atoms with Crippen LogP contribution in [0.2, 0.25) is 0 Å². The van der Waals surface area contributed by atoms with Crippen LogP contribution in [0, 0.1) is 0 Å². The van der Waals surface area contributed by atoms with Crippen LogP contribution in [0.1, 0.15) is 32.1 Å². The standard InChI is InChI=1S/C10H20N2O4/c1-16-10(15)12-8-6-4-2-3-5-7-11-9(13)14/h11H,2-8H2,1H3,(H,12,15)(H,13,14). The van der Waals surface area contributed by atoms with Gasteiger partial charge in [0.1, 0.15) is 0 Å². The Hall–Kier alpha value is -1.46. The zero-order chi connectivity index (χ0) is 12.2. The lowest BCUT2D eigenvalue weighted by molar-refractivity contribution is 0.171. The van der Waals surface area contributed by atoms with E-state index in [9.17, 15) is 9.59 Å². The molecular formula is C10H20N2O4. The Kier molecular flexibility index (Phi) is 9.15. The summed E-state index contributed by atoms with van der Waals surface area (Å²) >= 11 is 0. The Balaban J connectivity index is 3.04. The van der Waals surface area contributed by atoms with Crippen molar-refractivity contribution in [2.24, 2.45) is 0 Å². The first kappa shape index (κ1) is 14.5. The van der Waals surface area contributed by atoms with Crippen LogP contribution in [-0.4, -0.2) is 37.5 Å². The van der Waals surface area contributed by atoms with Crippen molar-refractivity contribution in [3.8, 4) is 0 Å². The van der Waals surface area contributed by atoms with E-state index in [1.54, 1.807) is 0 Å². The van der Waals surface area contributed by atoms with E-state index < -0.39 is 12.2 Å². The monoisotopic (exact) mass is 232 g/mol. The highest BCUT2D eigenvalue weighted by Crippen LogP contribution is 2.01. The van der Waals surface area contributed by atoms with Gasteiger partial charge >= 0.3 is 12.2 Å². The molecule has 0 unspecified atom stereocenters. The van der Waals surface area contributed by atoms with Gasteiger partial charge in [0, 0.05) is 13.1 Å². The molecule has 6 nitrogen and oxygen atoms in total. The van der Waals surface area contributed by atoms with E-state index in [2.05, 4.69) is 15.4 Å². The Labute approximate surface area is 95.4 Å². The van der Waals surface area contributed by atoms with Gasteiger partial charge < -0.3 is 20.5 Å². The predicted octanol–water partition coefficient (Wildman–Crippen LogP) is 1.56. The molecule has 0 saturated carbocycles. The largest absolute Gasteiger partial charge is 0.465 e. The second-order valence-corrected chi connectivity index (χ2v) is 3.42. The van der Waals surface area contributed by atoms with Crippen molar-refractivity contribution < 1.29 is 19.4 Å². The quantitative estimate of drug-likeness (QED) is 0.554. The van der Waals surface area contributed by atoms with Crippen molar-refractivity contribution in [2.75, 3.05) is 20.2 Å². The van der Waals surface area contributed by atoms with Crippen LogP contribution in [-0.2, 0) is 4.74 Å². The molecule has 0 aromatic rings. The van der Waals surface area contributed by atoms with Gasteiger partial charge in [0.05, 0.1) is 7.11 Å². The van der Waals surface area contributed by atoms with Crippen LogP contribution in [0.25, 0.3) is 0 Å². The first-order chi connectivity index (χ1) is 7.66. The first-order valence-corrected chi connectivity index (χ1v) is 5.45. The van der Waals surface area contributed by atoms with Crippen molar-refractivity contribution in [1.29, 1.82) is 0 Å². The van der Waals surface area contributed by atoms with E-state index in [-0.39, 0.29) is 0 Å². The van der Waals surface area contributed by atoms with Gasteiger partial charge in [0.15, 0.2) is 0 Å². The molecular weight excluding hydrogens is 212 g/mol. The molecule has 0 radical (unpaired) electrons. The summed E-state index contributed by atoms with van der Waals surface area (Å²) < 4.78 is 4.42. The van der Waals surface area contributed by atoms with Gasteiger partial charge in [-0.05, 0) is 12.8 Å². The molecule has 0 heterocycles. The second kappa shape index (κ2) is 10.1. The van der Waals surface area contributed by atoms with Crippen molar-refractivity contribution in [2.45, 2.75) is 32.1 Å². The fourth-order valence-corrected chi connectivity index (χ4v) is 1.24. The van der Waals surface area contributed by atoms with Crippen molar-refractivity contribution in [3.63, 3.8) is 0 Å². The number of hydrogen-bond acceptors (Lipinski definition) is 3. The molecule has 0 aliphatic rings. The van der Waals surface area contributed by atoms with Gasteiger partial charge in [-0.15, -0.1) is 0 Å². The highest BCUT2D eigenvalue weighted by Gasteiger charge is 1.97. The number of unbranched alkanes of at least 4 members (excludes halogenated alkanes) is 4. The van der Waals surface area contributed by atoms with Crippen LogP contribution in [0.3, 0.4) is 0 Å². The number of carboxylic acid groups (broad SMARTS) is 1. The average Bonchev–Trinajstić information content (AvgIpc) is 2.26. The highest BCUT2D eigenvalue weighted by molar-refractivity contribution is 5.66. The maximum atomic E-state index is 10.7. The Bertz CT molecular complexity index is 209. The minimum atomic E-state index is -0.970. The number of carbonyl (C=O) groups excluding carboxylic acids is 1. The van der Waals surface area contributed by atoms with Crippen LogP contribution < -0.4 is 10.6 Å². The lowest BCUT2D eigenvalue weighted by Gasteiger charge is -2.03. The summed E-state index contributed by atoms with van der Waals surface area (Å²) in [4.78, 5) is 20.8. The van der Waals surface area contributed by atoms with Gasteiger partial charge in [-0.1, -0.05) is 19.3 Å². The van der Waals surface area contributed by atoms with Gasteiger partial charge in [-0.25, -0.2) is 9.59 Å².